The second-order valence-electron chi connectivity index (χ2n) is 2.68. The predicted octanol–water partition coefficient (Wildman–Crippen LogP) is 3.16. The molecule has 0 saturated carbocycles. The number of allylic oxidation sites excluding steroid dienone is 5. The summed E-state index contributed by atoms with van der Waals surface area (Å²) in [6.07, 6.45) is 13.9. The highest BCUT2D eigenvalue weighted by molar-refractivity contribution is 5.85. The minimum Gasteiger partial charge on any atom is -0.365 e. The van der Waals surface area contributed by atoms with Gasteiger partial charge in [-0.2, -0.15) is 0 Å². The topological polar surface area (TPSA) is 12.0 Å². The van der Waals surface area contributed by atoms with E-state index < -0.39 is 0 Å². The van der Waals surface area contributed by atoms with Crippen molar-refractivity contribution in [2.24, 2.45) is 0 Å². The van der Waals surface area contributed by atoms with Crippen LogP contribution in [0.1, 0.15) is 26.2 Å². The molecule has 12 heavy (non-hydrogen) atoms. The van der Waals surface area contributed by atoms with E-state index in [0.29, 0.717) is 0 Å². The summed E-state index contributed by atoms with van der Waals surface area (Å²) in [7, 11) is 0. The molecule has 1 aliphatic heterocycles. The summed E-state index contributed by atoms with van der Waals surface area (Å²) in [5.74, 6) is 0. The van der Waals surface area contributed by atoms with Crippen molar-refractivity contribution in [3.05, 3.63) is 36.2 Å². The van der Waals surface area contributed by atoms with Gasteiger partial charge in [0.1, 0.15) is 0 Å². The van der Waals surface area contributed by atoms with Gasteiger partial charge in [-0.05, 0) is 25.0 Å². The Hall–Kier alpha value is -0.690. The number of unbranched alkanes of at least 4 members (excludes halogenated alkanes) is 1. The fraction of sp³-hybridized carbons (Fsp3) is 0.400. The molecule has 0 aromatic heterocycles. The van der Waals surface area contributed by atoms with Crippen molar-refractivity contribution in [3.8, 4) is 0 Å². The van der Waals surface area contributed by atoms with Gasteiger partial charge in [-0.15, -0.1) is 12.4 Å². The van der Waals surface area contributed by atoms with Gasteiger partial charge in [-0.1, -0.05) is 25.5 Å². The van der Waals surface area contributed by atoms with Gasteiger partial charge < -0.3 is 5.32 Å². The van der Waals surface area contributed by atoms with E-state index in [0.717, 1.165) is 6.42 Å². The van der Waals surface area contributed by atoms with Gasteiger partial charge in [0.2, 0.25) is 0 Å². The van der Waals surface area contributed by atoms with E-state index in [1.807, 2.05) is 18.4 Å². The maximum Gasteiger partial charge on any atom is 0.0146 e. The Morgan fingerprint density at radius 2 is 2.08 bits per heavy atom. The van der Waals surface area contributed by atoms with Crippen LogP contribution in [0.15, 0.2) is 36.2 Å². The first-order valence-electron chi connectivity index (χ1n) is 4.22. The van der Waals surface area contributed by atoms with E-state index in [4.69, 9.17) is 0 Å². The van der Waals surface area contributed by atoms with Crippen molar-refractivity contribution in [1.82, 2.24) is 5.32 Å². The monoisotopic (exact) mass is 185 g/mol. The zero-order valence-corrected chi connectivity index (χ0v) is 8.23. The first kappa shape index (κ1) is 11.3. The van der Waals surface area contributed by atoms with Crippen molar-refractivity contribution in [1.29, 1.82) is 0 Å². The van der Waals surface area contributed by atoms with Crippen LogP contribution in [0.25, 0.3) is 0 Å². The van der Waals surface area contributed by atoms with Gasteiger partial charge in [-0.3, -0.25) is 0 Å². The normalized spacial score (nSPS) is 14.2. The minimum atomic E-state index is 0. The van der Waals surface area contributed by atoms with Crippen molar-refractivity contribution in [2.45, 2.75) is 26.2 Å². The highest BCUT2D eigenvalue weighted by Crippen LogP contribution is 2.05. The Balaban J connectivity index is 0.00000121. The third-order valence-electron chi connectivity index (χ3n) is 1.68. The van der Waals surface area contributed by atoms with Gasteiger partial charge >= 0.3 is 0 Å². The van der Waals surface area contributed by atoms with E-state index in [2.05, 4.69) is 24.4 Å². The number of hydrogen-bond donors (Lipinski definition) is 1. The van der Waals surface area contributed by atoms with E-state index in [9.17, 15) is 0 Å². The minimum absolute atomic E-state index is 0. The third-order valence-corrected chi connectivity index (χ3v) is 1.68. The molecular weight excluding hydrogens is 170 g/mol. The van der Waals surface area contributed by atoms with Gasteiger partial charge in [0.25, 0.3) is 0 Å². The standard InChI is InChI=1S/C10H15N.ClH/c1-2-3-7-10-8-5-4-6-9-11-10;/h4-6,8-9,11H,2-3,7H2,1H3;1H. The maximum atomic E-state index is 3.23. The number of halogens is 1. The SMILES string of the molecule is CCCCC1=CC=CC=CN1.Cl. The summed E-state index contributed by atoms with van der Waals surface area (Å²) in [6, 6.07) is 0. The largest absolute Gasteiger partial charge is 0.365 e. The van der Waals surface area contributed by atoms with Crippen LogP contribution in [-0.4, -0.2) is 0 Å². The van der Waals surface area contributed by atoms with Crippen molar-refractivity contribution in [3.63, 3.8) is 0 Å². The molecule has 0 fully saturated rings. The highest BCUT2D eigenvalue weighted by atomic mass is 35.5. The van der Waals surface area contributed by atoms with E-state index in [-0.39, 0.29) is 12.4 Å². The van der Waals surface area contributed by atoms with E-state index in [1.54, 1.807) is 0 Å². The molecule has 1 N–H and O–H groups in total. The van der Waals surface area contributed by atoms with Crippen LogP contribution >= 0.6 is 12.4 Å². The highest BCUT2D eigenvalue weighted by Gasteiger charge is 1.92. The quantitative estimate of drug-likeness (QED) is 0.713. The van der Waals surface area contributed by atoms with Gasteiger partial charge in [-0.25, -0.2) is 0 Å². The molecule has 1 heterocycles. The molecule has 1 nitrogen and oxygen atoms in total. The molecule has 0 aliphatic carbocycles. The molecule has 2 heteroatoms. The summed E-state index contributed by atoms with van der Waals surface area (Å²) in [6.45, 7) is 2.21. The van der Waals surface area contributed by atoms with Crippen molar-refractivity contribution < 1.29 is 0 Å². The lowest BCUT2D eigenvalue weighted by atomic mass is 10.2. The third kappa shape index (κ3) is 4.24. The summed E-state index contributed by atoms with van der Waals surface area (Å²) >= 11 is 0. The molecule has 0 unspecified atom stereocenters. The molecule has 1 rings (SSSR count). The molecule has 0 spiro atoms. The molecule has 0 amide bonds. The Kier molecular flexibility index (Phi) is 6.58. The second-order valence-corrected chi connectivity index (χ2v) is 2.68. The number of hydrogen-bond acceptors (Lipinski definition) is 1. The molecule has 0 aromatic rings. The molecule has 0 bridgehead atoms. The van der Waals surface area contributed by atoms with E-state index >= 15 is 0 Å². The lowest BCUT2D eigenvalue weighted by Gasteiger charge is -2.03. The zero-order valence-electron chi connectivity index (χ0n) is 7.42. The molecule has 0 saturated heterocycles. The van der Waals surface area contributed by atoms with E-state index in [1.165, 1.54) is 18.5 Å². The van der Waals surface area contributed by atoms with Crippen LogP contribution in [0.2, 0.25) is 0 Å². The predicted molar refractivity (Wildman–Crippen MR) is 56.3 cm³/mol. The molecular formula is C10H16ClN. The van der Waals surface area contributed by atoms with Crippen LogP contribution in [0.5, 0.6) is 0 Å². The van der Waals surface area contributed by atoms with Gasteiger partial charge in [0.15, 0.2) is 0 Å². The Morgan fingerprint density at radius 1 is 1.25 bits per heavy atom. The van der Waals surface area contributed by atoms with Crippen LogP contribution in [0.3, 0.4) is 0 Å². The Morgan fingerprint density at radius 3 is 2.83 bits per heavy atom. The summed E-state index contributed by atoms with van der Waals surface area (Å²) in [4.78, 5) is 0. The first-order chi connectivity index (χ1) is 5.43. The van der Waals surface area contributed by atoms with Crippen LogP contribution in [0.4, 0.5) is 0 Å². The summed E-state index contributed by atoms with van der Waals surface area (Å²) in [5, 5.41) is 3.23. The average Bonchev–Trinajstić information content (AvgIpc) is 2.28. The maximum absolute atomic E-state index is 3.23. The molecule has 0 radical (unpaired) electrons. The lowest BCUT2D eigenvalue weighted by molar-refractivity contribution is 0.756. The Labute approximate surface area is 80.7 Å². The fourth-order valence-corrected chi connectivity index (χ4v) is 1.02. The number of rotatable bonds is 3. The smallest absolute Gasteiger partial charge is 0.0146 e. The molecule has 68 valence electrons. The second kappa shape index (κ2) is 6.99. The molecule has 0 aromatic carbocycles. The first-order valence-corrected chi connectivity index (χ1v) is 4.22. The molecule has 0 atom stereocenters. The van der Waals surface area contributed by atoms with Gasteiger partial charge in [0, 0.05) is 11.9 Å². The van der Waals surface area contributed by atoms with Crippen LogP contribution in [-0.2, 0) is 0 Å². The van der Waals surface area contributed by atoms with Crippen LogP contribution < -0.4 is 5.32 Å². The number of nitrogens with one attached hydrogen (secondary N) is 1. The lowest BCUT2D eigenvalue weighted by Crippen LogP contribution is -2.03. The van der Waals surface area contributed by atoms with Crippen LogP contribution in [0, 0.1) is 0 Å². The summed E-state index contributed by atoms with van der Waals surface area (Å²) in [5.41, 5.74) is 1.32. The van der Waals surface area contributed by atoms with Crippen molar-refractivity contribution >= 4 is 12.4 Å². The van der Waals surface area contributed by atoms with Gasteiger partial charge in [0.05, 0.1) is 0 Å². The molecule has 1 aliphatic rings. The fourth-order valence-electron chi connectivity index (χ4n) is 1.02. The Bertz CT molecular complexity index is 192. The summed E-state index contributed by atoms with van der Waals surface area (Å²) < 4.78 is 0. The zero-order chi connectivity index (χ0) is 7.94. The average molecular weight is 186 g/mol. The van der Waals surface area contributed by atoms with Crippen molar-refractivity contribution in [2.75, 3.05) is 0 Å².